The first kappa shape index (κ1) is 23.1. The van der Waals surface area contributed by atoms with E-state index in [2.05, 4.69) is 15.7 Å². The topological polar surface area (TPSA) is 109 Å². The molecule has 0 unspecified atom stereocenters. The van der Waals surface area contributed by atoms with E-state index >= 15 is 0 Å². The van der Waals surface area contributed by atoms with E-state index in [4.69, 9.17) is 4.74 Å². The third-order valence-electron chi connectivity index (χ3n) is 4.06. The predicted molar refractivity (Wildman–Crippen MR) is 118 cm³/mol. The highest BCUT2D eigenvalue weighted by molar-refractivity contribution is 6.39. The van der Waals surface area contributed by atoms with E-state index < -0.39 is 29.4 Å². The number of hydrogen-bond acceptors (Lipinski definition) is 5. The average molecular weight is 452 g/mol. The minimum Gasteiger partial charge on any atom is -0.484 e. The van der Waals surface area contributed by atoms with Crippen molar-refractivity contribution in [3.8, 4) is 5.75 Å². The molecule has 0 aliphatic heterocycles. The van der Waals surface area contributed by atoms with Crippen LogP contribution in [0.5, 0.6) is 5.75 Å². The van der Waals surface area contributed by atoms with Crippen LogP contribution in [0.4, 0.5) is 20.2 Å². The minimum absolute atomic E-state index is 0.130. The first-order chi connectivity index (χ1) is 15.9. The molecular weight excluding hydrogens is 434 g/mol. The third-order valence-corrected chi connectivity index (χ3v) is 4.06. The number of carbonyl (C=O) groups is 3. The van der Waals surface area contributed by atoms with Crippen molar-refractivity contribution in [3.05, 3.63) is 90.0 Å². The Morgan fingerprint density at radius 3 is 2.39 bits per heavy atom. The summed E-state index contributed by atoms with van der Waals surface area (Å²) in [5, 5.41) is 8.39. The SMILES string of the molecule is O=C(COc1cccc(/C=N\NC(=O)C(=O)Nc2ccccc2F)c1)Nc1ccc(F)cc1. The van der Waals surface area contributed by atoms with Crippen molar-refractivity contribution < 1.29 is 27.9 Å². The maximum atomic E-state index is 13.5. The number of ether oxygens (including phenoxy) is 1. The van der Waals surface area contributed by atoms with Crippen molar-refractivity contribution in [2.75, 3.05) is 17.2 Å². The Balaban J connectivity index is 1.48. The Morgan fingerprint density at radius 2 is 1.64 bits per heavy atom. The largest absolute Gasteiger partial charge is 0.484 e. The summed E-state index contributed by atoms with van der Waals surface area (Å²) >= 11 is 0. The Morgan fingerprint density at radius 1 is 0.879 bits per heavy atom. The lowest BCUT2D eigenvalue weighted by Crippen LogP contribution is -2.32. The zero-order valence-electron chi connectivity index (χ0n) is 17.0. The molecule has 33 heavy (non-hydrogen) atoms. The first-order valence-electron chi connectivity index (χ1n) is 9.58. The second-order valence-corrected chi connectivity index (χ2v) is 6.55. The molecule has 0 radical (unpaired) electrons. The third kappa shape index (κ3) is 7.24. The quantitative estimate of drug-likeness (QED) is 0.291. The van der Waals surface area contributed by atoms with E-state index in [1.54, 1.807) is 24.3 Å². The smallest absolute Gasteiger partial charge is 0.329 e. The average Bonchev–Trinajstić information content (AvgIpc) is 2.81. The van der Waals surface area contributed by atoms with Crippen molar-refractivity contribution in [2.45, 2.75) is 0 Å². The Bertz CT molecular complexity index is 1180. The van der Waals surface area contributed by atoms with Gasteiger partial charge < -0.3 is 15.4 Å². The highest BCUT2D eigenvalue weighted by Crippen LogP contribution is 2.13. The molecule has 168 valence electrons. The van der Waals surface area contributed by atoms with Crippen LogP contribution in [0, 0.1) is 11.6 Å². The second-order valence-electron chi connectivity index (χ2n) is 6.55. The van der Waals surface area contributed by atoms with Gasteiger partial charge in [0, 0.05) is 5.69 Å². The summed E-state index contributed by atoms with van der Waals surface area (Å²) in [5.74, 6) is -3.33. The molecule has 3 aromatic rings. The van der Waals surface area contributed by atoms with Crippen LogP contribution >= 0.6 is 0 Å². The van der Waals surface area contributed by atoms with Crippen LogP contribution in [-0.2, 0) is 14.4 Å². The van der Waals surface area contributed by atoms with Crippen LogP contribution in [0.15, 0.2) is 77.9 Å². The van der Waals surface area contributed by atoms with E-state index in [9.17, 15) is 23.2 Å². The summed E-state index contributed by atoms with van der Waals surface area (Å²) in [5.41, 5.74) is 2.85. The van der Waals surface area contributed by atoms with Crippen molar-refractivity contribution in [2.24, 2.45) is 5.10 Å². The van der Waals surface area contributed by atoms with Gasteiger partial charge >= 0.3 is 11.8 Å². The predicted octanol–water partition coefficient (Wildman–Crippen LogP) is 3.07. The zero-order valence-corrected chi connectivity index (χ0v) is 17.0. The highest BCUT2D eigenvalue weighted by atomic mass is 19.1. The van der Waals surface area contributed by atoms with Gasteiger partial charge in [0.2, 0.25) is 0 Å². The summed E-state index contributed by atoms with van der Waals surface area (Å²) in [6.45, 7) is -0.287. The molecule has 0 saturated carbocycles. The molecule has 0 aliphatic rings. The van der Waals surface area contributed by atoms with Gasteiger partial charge in [-0.2, -0.15) is 5.10 Å². The van der Waals surface area contributed by atoms with E-state index in [0.717, 1.165) is 6.07 Å². The number of benzene rings is 3. The van der Waals surface area contributed by atoms with Crippen LogP contribution in [0.3, 0.4) is 0 Å². The van der Waals surface area contributed by atoms with Crippen molar-refractivity contribution in [3.63, 3.8) is 0 Å². The van der Waals surface area contributed by atoms with Gasteiger partial charge in [-0.25, -0.2) is 14.2 Å². The summed E-state index contributed by atoms with van der Waals surface area (Å²) < 4.78 is 31.8. The lowest BCUT2D eigenvalue weighted by atomic mass is 10.2. The Kier molecular flexibility index (Phi) is 7.79. The van der Waals surface area contributed by atoms with E-state index in [1.165, 1.54) is 48.7 Å². The van der Waals surface area contributed by atoms with Gasteiger partial charge in [0.15, 0.2) is 6.61 Å². The number of nitrogens with zero attached hydrogens (tertiary/aromatic N) is 1. The fourth-order valence-corrected chi connectivity index (χ4v) is 2.52. The number of anilines is 2. The van der Waals surface area contributed by atoms with Crippen LogP contribution < -0.4 is 20.8 Å². The molecule has 3 aromatic carbocycles. The molecule has 3 rings (SSSR count). The molecular formula is C23H18F2N4O4. The molecule has 0 fully saturated rings. The molecule has 0 aromatic heterocycles. The minimum atomic E-state index is -1.08. The fraction of sp³-hybridized carbons (Fsp3) is 0.0435. The number of nitrogens with one attached hydrogen (secondary N) is 3. The first-order valence-corrected chi connectivity index (χ1v) is 9.58. The van der Waals surface area contributed by atoms with Gasteiger partial charge in [0.1, 0.15) is 17.4 Å². The van der Waals surface area contributed by atoms with E-state index in [0.29, 0.717) is 17.0 Å². The molecule has 0 spiro atoms. The Hall–Kier alpha value is -4.60. The number of para-hydroxylation sites is 1. The fourth-order valence-electron chi connectivity index (χ4n) is 2.52. The standard InChI is InChI=1S/C23H18F2N4O4/c24-16-8-10-17(11-9-16)27-21(30)14-33-18-5-3-4-15(12-18)13-26-29-23(32)22(31)28-20-7-2-1-6-19(20)25/h1-13H,14H2,(H,27,30)(H,28,31)(H,29,32)/b26-13-. The van der Waals surface area contributed by atoms with Crippen LogP contribution in [0.2, 0.25) is 0 Å². The summed E-state index contributed by atoms with van der Waals surface area (Å²) in [4.78, 5) is 35.6. The van der Waals surface area contributed by atoms with Gasteiger partial charge in [-0.15, -0.1) is 0 Å². The molecule has 3 amide bonds. The van der Waals surface area contributed by atoms with Crippen molar-refractivity contribution in [1.29, 1.82) is 0 Å². The number of halogens is 2. The number of amides is 3. The van der Waals surface area contributed by atoms with Gasteiger partial charge in [-0.1, -0.05) is 24.3 Å². The Labute approximate surface area is 187 Å². The van der Waals surface area contributed by atoms with Crippen molar-refractivity contribution in [1.82, 2.24) is 5.43 Å². The lowest BCUT2D eigenvalue weighted by Gasteiger charge is -2.08. The highest BCUT2D eigenvalue weighted by Gasteiger charge is 2.14. The van der Waals surface area contributed by atoms with Crippen LogP contribution in [0.1, 0.15) is 5.56 Å². The number of carbonyl (C=O) groups excluding carboxylic acids is 3. The maximum absolute atomic E-state index is 13.5. The second kappa shape index (κ2) is 11.1. The number of hydrogen-bond donors (Lipinski definition) is 3. The summed E-state index contributed by atoms with van der Waals surface area (Å²) in [7, 11) is 0. The monoisotopic (exact) mass is 452 g/mol. The zero-order chi connectivity index (χ0) is 23.6. The van der Waals surface area contributed by atoms with E-state index in [1.807, 2.05) is 5.43 Å². The lowest BCUT2D eigenvalue weighted by molar-refractivity contribution is -0.136. The molecule has 0 saturated heterocycles. The maximum Gasteiger partial charge on any atom is 0.329 e. The molecule has 0 atom stereocenters. The molecule has 10 heteroatoms. The normalized spacial score (nSPS) is 10.5. The van der Waals surface area contributed by atoms with Crippen molar-refractivity contribution >= 4 is 35.3 Å². The summed E-state index contributed by atoms with van der Waals surface area (Å²) in [6, 6.07) is 17.2. The van der Waals surface area contributed by atoms with Gasteiger partial charge in [-0.3, -0.25) is 14.4 Å². The molecule has 0 aliphatic carbocycles. The number of rotatable bonds is 7. The van der Waals surface area contributed by atoms with Gasteiger partial charge in [0.25, 0.3) is 5.91 Å². The van der Waals surface area contributed by atoms with Crippen LogP contribution in [0.25, 0.3) is 0 Å². The van der Waals surface area contributed by atoms with E-state index in [-0.39, 0.29) is 12.3 Å². The number of hydrazone groups is 1. The molecule has 0 heterocycles. The molecule has 0 bridgehead atoms. The summed E-state index contributed by atoms with van der Waals surface area (Å²) in [6.07, 6.45) is 1.26. The van der Waals surface area contributed by atoms with Gasteiger partial charge in [-0.05, 0) is 54.1 Å². The molecule has 3 N–H and O–H groups in total. The van der Waals surface area contributed by atoms with Crippen LogP contribution in [-0.4, -0.2) is 30.5 Å². The van der Waals surface area contributed by atoms with Gasteiger partial charge in [0.05, 0.1) is 11.9 Å². The molecule has 8 nitrogen and oxygen atoms in total.